The zero-order valence-electron chi connectivity index (χ0n) is 15.2. The predicted molar refractivity (Wildman–Crippen MR) is 106 cm³/mol. The van der Waals surface area contributed by atoms with Crippen LogP contribution in [0, 0.1) is 12.7 Å². The van der Waals surface area contributed by atoms with Crippen LogP contribution >= 0.6 is 11.3 Å². The van der Waals surface area contributed by atoms with Crippen molar-refractivity contribution in [3.63, 3.8) is 0 Å². The molecule has 0 aliphatic carbocycles. The van der Waals surface area contributed by atoms with Crippen LogP contribution in [0.1, 0.15) is 40.1 Å². The summed E-state index contributed by atoms with van der Waals surface area (Å²) >= 11 is 1.49. The Morgan fingerprint density at radius 2 is 1.81 bits per heavy atom. The van der Waals surface area contributed by atoms with Crippen molar-refractivity contribution in [1.82, 2.24) is 9.47 Å². The number of halogens is 1. The molecule has 27 heavy (non-hydrogen) atoms. The maximum atomic E-state index is 13.1. The zero-order chi connectivity index (χ0) is 19.0. The summed E-state index contributed by atoms with van der Waals surface area (Å²) in [7, 11) is 0. The second-order valence-electron chi connectivity index (χ2n) is 7.00. The van der Waals surface area contributed by atoms with Gasteiger partial charge >= 0.3 is 0 Å². The van der Waals surface area contributed by atoms with Crippen LogP contribution in [0.5, 0.6) is 0 Å². The first-order valence-corrected chi connectivity index (χ1v) is 10.0. The van der Waals surface area contributed by atoms with Gasteiger partial charge in [0.15, 0.2) is 0 Å². The van der Waals surface area contributed by atoms with Gasteiger partial charge in [0.2, 0.25) is 0 Å². The van der Waals surface area contributed by atoms with E-state index in [2.05, 4.69) is 0 Å². The quantitative estimate of drug-likeness (QED) is 0.680. The first kappa shape index (κ1) is 17.9. The van der Waals surface area contributed by atoms with Crippen molar-refractivity contribution in [2.24, 2.45) is 0 Å². The molecule has 0 atom stereocenters. The summed E-state index contributed by atoms with van der Waals surface area (Å²) in [4.78, 5) is 29.0. The lowest BCUT2D eigenvalue weighted by molar-refractivity contribution is 0.0726. The molecule has 0 saturated carbocycles. The molecule has 1 amide bonds. The molecule has 0 N–H and O–H groups in total. The zero-order valence-corrected chi connectivity index (χ0v) is 16.0. The summed E-state index contributed by atoms with van der Waals surface area (Å²) in [6.07, 6.45) is 4.93. The van der Waals surface area contributed by atoms with E-state index in [0.717, 1.165) is 47.5 Å². The number of benzene rings is 1. The van der Waals surface area contributed by atoms with Crippen LogP contribution in [-0.2, 0) is 6.54 Å². The molecule has 1 saturated heterocycles. The Hall–Kier alpha value is -2.47. The smallest absolute Gasteiger partial charge is 0.260 e. The second-order valence-corrected chi connectivity index (χ2v) is 8.26. The first-order chi connectivity index (χ1) is 13.0. The highest BCUT2D eigenvalue weighted by Gasteiger charge is 2.25. The second kappa shape index (κ2) is 7.27. The third-order valence-corrected chi connectivity index (χ3v) is 6.19. The van der Waals surface area contributed by atoms with Gasteiger partial charge in [0.05, 0.1) is 17.5 Å². The average Bonchev–Trinajstić information content (AvgIpc) is 3.02. The van der Waals surface area contributed by atoms with E-state index >= 15 is 0 Å². The number of pyridine rings is 1. The molecule has 1 aromatic carbocycles. The number of aryl methyl sites for hydroxylation is 1. The molecule has 0 radical (unpaired) electrons. The topological polar surface area (TPSA) is 42.3 Å². The van der Waals surface area contributed by atoms with Crippen LogP contribution in [0.25, 0.3) is 10.1 Å². The molecule has 1 aliphatic rings. The molecule has 0 unspecified atom stereocenters. The minimum Gasteiger partial charge on any atom is -0.339 e. The van der Waals surface area contributed by atoms with E-state index in [1.165, 1.54) is 23.5 Å². The third-order valence-electron chi connectivity index (χ3n) is 5.12. The van der Waals surface area contributed by atoms with E-state index in [-0.39, 0.29) is 17.3 Å². The van der Waals surface area contributed by atoms with Crippen molar-refractivity contribution in [2.75, 3.05) is 13.1 Å². The minimum absolute atomic E-state index is 0.0323. The van der Waals surface area contributed by atoms with Gasteiger partial charge in [-0.1, -0.05) is 12.1 Å². The number of likely N-dealkylation sites (tertiary alicyclic amines) is 1. The molecule has 0 bridgehead atoms. The summed E-state index contributed by atoms with van der Waals surface area (Å²) < 4.78 is 15.6. The van der Waals surface area contributed by atoms with Crippen molar-refractivity contribution in [3.8, 4) is 0 Å². The first-order valence-electron chi connectivity index (χ1n) is 9.21. The number of piperidine rings is 1. The Bertz CT molecular complexity index is 1050. The Morgan fingerprint density at radius 1 is 1.11 bits per heavy atom. The van der Waals surface area contributed by atoms with Gasteiger partial charge in [0.25, 0.3) is 11.5 Å². The van der Waals surface area contributed by atoms with Crippen molar-refractivity contribution in [2.45, 2.75) is 32.7 Å². The molecule has 3 heterocycles. The van der Waals surface area contributed by atoms with Gasteiger partial charge in [-0.2, -0.15) is 0 Å². The van der Waals surface area contributed by atoms with Crippen LogP contribution < -0.4 is 5.56 Å². The van der Waals surface area contributed by atoms with Crippen LogP contribution in [0.15, 0.2) is 41.3 Å². The van der Waals surface area contributed by atoms with E-state index < -0.39 is 0 Å². The van der Waals surface area contributed by atoms with Crippen LogP contribution in [-0.4, -0.2) is 28.5 Å². The van der Waals surface area contributed by atoms with Gasteiger partial charge in [-0.3, -0.25) is 9.59 Å². The van der Waals surface area contributed by atoms with Crippen LogP contribution in [0.3, 0.4) is 0 Å². The SMILES string of the molecule is Cc1sc2ccn(Cc3ccc(F)cc3)c(=O)c2c1C(=O)N1CCCCC1. The molecule has 3 aromatic rings. The third kappa shape index (κ3) is 3.41. The summed E-state index contributed by atoms with van der Waals surface area (Å²) in [6, 6.07) is 8.01. The minimum atomic E-state index is -0.301. The number of fused-ring (bicyclic) bond motifs is 1. The molecule has 140 valence electrons. The fraction of sp³-hybridized carbons (Fsp3) is 0.333. The number of hydrogen-bond acceptors (Lipinski definition) is 3. The van der Waals surface area contributed by atoms with E-state index in [0.29, 0.717) is 17.5 Å². The molecule has 0 spiro atoms. The van der Waals surface area contributed by atoms with Crippen molar-refractivity contribution in [3.05, 3.63) is 68.7 Å². The monoisotopic (exact) mass is 384 g/mol. The number of nitrogens with zero attached hydrogens (tertiary/aromatic N) is 2. The molecule has 1 fully saturated rings. The number of amides is 1. The number of carbonyl (C=O) groups excluding carboxylic acids is 1. The van der Waals surface area contributed by atoms with E-state index in [1.54, 1.807) is 22.9 Å². The molecule has 6 heteroatoms. The Morgan fingerprint density at radius 3 is 2.52 bits per heavy atom. The van der Waals surface area contributed by atoms with Crippen molar-refractivity contribution in [1.29, 1.82) is 0 Å². The maximum Gasteiger partial charge on any atom is 0.260 e. The highest BCUT2D eigenvalue weighted by atomic mass is 32.1. The van der Waals surface area contributed by atoms with Crippen molar-refractivity contribution >= 4 is 27.3 Å². The number of aromatic nitrogens is 1. The Balaban J connectivity index is 1.76. The van der Waals surface area contributed by atoms with Crippen LogP contribution in [0.4, 0.5) is 4.39 Å². The summed E-state index contributed by atoms with van der Waals surface area (Å²) in [6.45, 7) is 3.77. The van der Waals surface area contributed by atoms with E-state index in [9.17, 15) is 14.0 Å². The number of carbonyl (C=O) groups is 1. The number of hydrogen-bond donors (Lipinski definition) is 0. The number of thiophene rings is 1. The summed E-state index contributed by atoms with van der Waals surface area (Å²) in [5.41, 5.74) is 1.23. The molecule has 2 aromatic heterocycles. The average molecular weight is 384 g/mol. The predicted octanol–water partition coefficient (Wildman–Crippen LogP) is 4.18. The lowest BCUT2D eigenvalue weighted by atomic mass is 10.1. The lowest BCUT2D eigenvalue weighted by Crippen LogP contribution is -2.36. The molecule has 4 nitrogen and oxygen atoms in total. The highest BCUT2D eigenvalue weighted by Crippen LogP contribution is 2.30. The van der Waals surface area contributed by atoms with E-state index in [4.69, 9.17) is 0 Å². The van der Waals surface area contributed by atoms with Gasteiger partial charge in [0.1, 0.15) is 5.82 Å². The molecule has 1 aliphatic heterocycles. The number of rotatable bonds is 3. The Kier molecular flexibility index (Phi) is 4.83. The van der Waals surface area contributed by atoms with Gasteiger partial charge in [-0.25, -0.2) is 4.39 Å². The fourth-order valence-corrected chi connectivity index (χ4v) is 4.73. The normalized spacial score (nSPS) is 14.7. The van der Waals surface area contributed by atoms with Gasteiger partial charge in [-0.05, 0) is 49.9 Å². The Labute approximate surface area is 160 Å². The van der Waals surface area contributed by atoms with Gasteiger partial charge in [-0.15, -0.1) is 11.3 Å². The largest absolute Gasteiger partial charge is 0.339 e. The highest BCUT2D eigenvalue weighted by molar-refractivity contribution is 7.19. The van der Waals surface area contributed by atoms with Gasteiger partial charge in [0, 0.05) is 28.9 Å². The maximum absolute atomic E-state index is 13.1. The fourth-order valence-electron chi connectivity index (χ4n) is 3.69. The molecular formula is C21H21FN2O2S. The lowest BCUT2D eigenvalue weighted by Gasteiger charge is -2.26. The standard InChI is InChI=1S/C21H21FN2O2S/c1-14-18(20(25)23-10-3-2-4-11-23)19-17(27-14)9-12-24(21(19)26)13-15-5-7-16(22)8-6-15/h5-9,12H,2-4,10-11,13H2,1H3. The van der Waals surface area contributed by atoms with Crippen molar-refractivity contribution < 1.29 is 9.18 Å². The molecular weight excluding hydrogens is 363 g/mol. The summed E-state index contributed by atoms with van der Waals surface area (Å²) in [5, 5.41) is 0.512. The van der Waals surface area contributed by atoms with Crippen LogP contribution in [0.2, 0.25) is 0 Å². The molecule has 4 rings (SSSR count). The van der Waals surface area contributed by atoms with E-state index in [1.807, 2.05) is 17.9 Å². The van der Waals surface area contributed by atoms with Gasteiger partial charge < -0.3 is 9.47 Å². The summed E-state index contributed by atoms with van der Waals surface area (Å²) in [5.74, 6) is -0.334.